The molecule has 0 aliphatic rings. The molecule has 0 aliphatic heterocycles. The van der Waals surface area contributed by atoms with Gasteiger partial charge in [0, 0.05) is 22.2 Å². The van der Waals surface area contributed by atoms with E-state index in [1.807, 2.05) is 0 Å². The van der Waals surface area contributed by atoms with E-state index in [9.17, 15) is 9.18 Å². The Morgan fingerprint density at radius 3 is 2.76 bits per heavy atom. The number of Topliss-reactive ketones (excluding diaryl/α,β-unsaturated/α-hetero) is 1. The Morgan fingerprint density at radius 2 is 1.95 bits per heavy atom. The second-order valence-corrected chi connectivity index (χ2v) is 5.51. The molecule has 5 heteroatoms. The third-order valence-electron chi connectivity index (χ3n) is 3.30. The van der Waals surface area contributed by atoms with Crippen LogP contribution in [-0.2, 0) is 6.54 Å². The molecule has 0 unspecified atom stereocenters. The van der Waals surface area contributed by atoms with Gasteiger partial charge in [-0.15, -0.1) is 0 Å². The number of fused-ring (bicyclic) bond motifs is 1. The molecule has 2 aromatic carbocycles. The van der Waals surface area contributed by atoms with Crippen molar-refractivity contribution in [3.63, 3.8) is 0 Å². The average Bonchev–Trinajstić information content (AvgIpc) is 2.86. The van der Waals surface area contributed by atoms with E-state index in [1.54, 1.807) is 47.2 Å². The van der Waals surface area contributed by atoms with Crippen molar-refractivity contribution >= 4 is 39.9 Å². The first-order valence-corrected chi connectivity index (χ1v) is 7.03. The molecule has 3 rings (SSSR count). The second kappa shape index (κ2) is 5.51. The summed E-state index contributed by atoms with van der Waals surface area (Å²) in [7, 11) is 0. The van der Waals surface area contributed by atoms with Gasteiger partial charge in [0.25, 0.3) is 0 Å². The Kier molecular flexibility index (Phi) is 3.70. The third kappa shape index (κ3) is 2.67. The van der Waals surface area contributed by atoms with Gasteiger partial charge in [0.2, 0.25) is 0 Å². The quantitative estimate of drug-likeness (QED) is 0.624. The van der Waals surface area contributed by atoms with Crippen LogP contribution < -0.4 is 0 Å². The molecule has 0 saturated carbocycles. The zero-order chi connectivity index (χ0) is 15.0. The summed E-state index contributed by atoms with van der Waals surface area (Å²) in [4.78, 5) is 12.4. The highest BCUT2D eigenvalue weighted by Crippen LogP contribution is 2.23. The van der Waals surface area contributed by atoms with Gasteiger partial charge in [-0.1, -0.05) is 29.3 Å². The van der Waals surface area contributed by atoms with Crippen LogP contribution >= 0.6 is 23.2 Å². The fourth-order valence-electron chi connectivity index (χ4n) is 2.27. The molecule has 0 spiro atoms. The molecule has 21 heavy (non-hydrogen) atoms. The van der Waals surface area contributed by atoms with Crippen LogP contribution in [0, 0.1) is 5.82 Å². The van der Waals surface area contributed by atoms with Crippen molar-refractivity contribution in [3.05, 3.63) is 70.1 Å². The van der Waals surface area contributed by atoms with E-state index >= 15 is 0 Å². The lowest BCUT2D eigenvalue weighted by atomic mass is 10.1. The second-order valence-electron chi connectivity index (χ2n) is 4.66. The van der Waals surface area contributed by atoms with E-state index < -0.39 is 0 Å². The number of hydrogen-bond acceptors (Lipinski definition) is 1. The molecule has 0 N–H and O–H groups in total. The van der Waals surface area contributed by atoms with Crippen LogP contribution in [-0.4, -0.2) is 10.4 Å². The van der Waals surface area contributed by atoms with E-state index in [0.29, 0.717) is 26.5 Å². The van der Waals surface area contributed by atoms with Gasteiger partial charge < -0.3 is 4.57 Å². The molecular formula is C16H10Cl2FNO. The van der Waals surface area contributed by atoms with Gasteiger partial charge in [-0.25, -0.2) is 4.39 Å². The van der Waals surface area contributed by atoms with E-state index in [2.05, 4.69) is 0 Å². The molecule has 1 heterocycles. The Bertz CT molecular complexity index is 841. The van der Waals surface area contributed by atoms with Crippen molar-refractivity contribution in [1.82, 2.24) is 4.57 Å². The first-order chi connectivity index (χ1) is 10.1. The summed E-state index contributed by atoms with van der Waals surface area (Å²) in [5.41, 5.74) is 1.03. The van der Waals surface area contributed by atoms with Crippen LogP contribution in [0.4, 0.5) is 4.39 Å². The fraction of sp³-hybridized carbons (Fsp3) is 0.0625. The summed E-state index contributed by atoms with van der Waals surface area (Å²) in [6, 6.07) is 11.2. The first kappa shape index (κ1) is 14.1. The van der Waals surface area contributed by atoms with Crippen LogP contribution in [0.1, 0.15) is 10.4 Å². The molecule has 0 fully saturated rings. The van der Waals surface area contributed by atoms with Gasteiger partial charge in [0.1, 0.15) is 5.82 Å². The van der Waals surface area contributed by atoms with E-state index in [-0.39, 0.29) is 18.1 Å². The molecule has 0 amide bonds. The Morgan fingerprint density at radius 1 is 1.14 bits per heavy atom. The van der Waals surface area contributed by atoms with Crippen LogP contribution in [0.3, 0.4) is 0 Å². The highest BCUT2D eigenvalue weighted by atomic mass is 35.5. The molecule has 1 aromatic heterocycles. The molecule has 106 valence electrons. The predicted octanol–water partition coefficient (Wildman–Crippen LogP) is 4.97. The van der Waals surface area contributed by atoms with Gasteiger partial charge in [-0.05, 0) is 36.4 Å². The number of benzene rings is 2. The highest BCUT2D eigenvalue weighted by Gasteiger charge is 2.13. The number of aromatic nitrogens is 1. The molecule has 0 saturated heterocycles. The number of nitrogens with zero attached hydrogens (tertiary/aromatic N) is 1. The van der Waals surface area contributed by atoms with E-state index in [4.69, 9.17) is 23.2 Å². The largest absolute Gasteiger partial charge is 0.340 e. The van der Waals surface area contributed by atoms with Crippen molar-refractivity contribution in [3.8, 4) is 0 Å². The average molecular weight is 322 g/mol. The summed E-state index contributed by atoms with van der Waals surface area (Å²) >= 11 is 11.9. The van der Waals surface area contributed by atoms with E-state index in [0.717, 1.165) is 0 Å². The standard InChI is InChI=1S/C16H10Cl2FNO/c17-10-4-5-13(18)12(8-10)16(21)9-20-7-6-11-14(19)2-1-3-15(11)20/h1-8H,9H2. The summed E-state index contributed by atoms with van der Waals surface area (Å²) in [5, 5.41) is 1.29. The van der Waals surface area contributed by atoms with Crippen molar-refractivity contribution in [1.29, 1.82) is 0 Å². The molecule has 0 aliphatic carbocycles. The normalized spacial score (nSPS) is 11.0. The molecule has 0 bridgehead atoms. The number of ketones is 1. The lowest BCUT2D eigenvalue weighted by Gasteiger charge is -2.07. The lowest BCUT2D eigenvalue weighted by Crippen LogP contribution is -2.10. The maximum absolute atomic E-state index is 13.6. The third-order valence-corrected chi connectivity index (χ3v) is 3.87. The van der Waals surface area contributed by atoms with Gasteiger partial charge in [-0.3, -0.25) is 4.79 Å². The minimum atomic E-state index is -0.306. The van der Waals surface area contributed by atoms with Crippen LogP contribution in [0.2, 0.25) is 10.0 Å². The Hall–Kier alpha value is -1.84. The van der Waals surface area contributed by atoms with E-state index in [1.165, 1.54) is 6.07 Å². The summed E-state index contributed by atoms with van der Waals surface area (Å²) < 4.78 is 15.3. The summed E-state index contributed by atoms with van der Waals surface area (Å²) in [5.74, 6) is -0.483. The monoisotopic (exact) mass is 321 g/mol. The van der Waals surface area contributed by atoms with Crippen molar-refractivity contribution in [2.75, 3.05) is 0 Å². The zero-order valence-electron chi connectivity index (χ0n) is 10.8. The van der Waals surface area contributed by atoms with Gasteiger partial charge in [0.05, 0.1) is 17.1 Å². The topological polar surface area (TPSA) is 22.0 Å². The van der Waals surface area contributed by atoms with Gasteiger partial charge in [0.15, 0.2) is 5.78 Å². The lowest BCUT2D eigenvalue weighted by molar-refractivity contribution is 0.0973. The number of hydrogen-bond donors (Lipinski definition) is 0. The molecule has 0 atom stereocenters. The first-order valence-electron chi connectivity index (χ1n) is 6.28. The van der Waals surface area contributed by atoms with Crippen molar-refractivity contribution < 1.29 is 9.18 Å². The van der Waals surface area contributed by atoms with Crippen LogP contribution in [0.25, 0.3) is 10.9 Å². The van der Waals surface area contributed by atoms with Crippen LogP contribution in [0.5, 0.6) is 0 Å². The molecule has 2 nitrogen and oxygen atoms in total. The van der Waals surface area contributed by atoms with Gasteiger partial charge in [-0.2, -0.15) is 0 Å². The van der Waals surface area contributed by atoms with Crippen molar-refractivity contribution in [2.45, 2.75) is 6.54 Å². The minimum absolute atomic E-state index is 0.0764. The SMILES string of the molecule is O=C(Cn1ccc2c(F)cccc21)c1cc(Cl)ccc1Cl. The minimum Gasteiger partial charge on any atom is -0.340 e. The zero-order valence-corrected chi connectivity index (χ0v) is 12.3. The number of carbonyl (C=O) groups is 1. The molecular weight excluding hydrogens is 312 g/mol. The highest BCUT2D eigenvalue weighted by molar-refractivity contribution is 6.35. The number of halogens is 3. The molecule has 0 radical (unpaired) electrons. The Balaban J connectivity index is 1.97. The number of rotatable bonds is 3. The summed E-state index contributed by atoms with van der Waals surface area (Å²) in [6.45, 7) is 0.0764. The molecule has 3 aromatic rings. The van der Waals surface area contributed by atoms with Gasteiger partial charge >= 0.3 is 0 Å². The Labute approximate surface area is 130 Å². The van der Waals surface area contributed by atoms with Crippen LogP contribution in [0.15, 0.2) is 48.7 Å². The number of carbonyl (C=O) groups excluding carboxylic acids is 1. The van der Waals surface area contributed by atoms with Crippen molar-refractivity contribution in [2.24, 2.45) is 0 Å². The predicted molar refractivity (Wildman–Crippen MR) is 82.7 cm³/mol. The smallest absolute Gasteiger partial charge is 0.184 e. The maximum atomic E-state index is 13.6. The maximum Gasteiger partial charge on any atom is 0.184 e. The fourth-order valence-corrected chi connectivity index (χ4v) is 2.67. The summed E-state index contributed by atoms with van der Waals surface area (Å²) in [6.07, 6.45) is 1.68.